The number of nitrogens with zero attached hydrogens (tertiary/aromatic N) is 1. The van der Waals surface area contributed by atoms with E-state index in [1.807, 2.05) is 13.8 Å². The summed E-state index contributed by atoms with van der Waals surface area (Å²) in [6, 6.07) is 5.12. The van der Waals surface area contributed by atoms with Gasteiger partial charge in [-0.05, 0) is 31.4 Å². The van der Waals surface area contributed by atoms with Crippen LogP contribution in [0.1, 0.15) is 65.2 Å². The predicted octanol–water partition coefficient (Wildman–Crippen LogP) is 6.15. The van der Waals surface area contributed by atoms with Crippen LogP contribution in [0.5, 0.6) is 5.88 Å². The second-order valence-corrected chi connectivity index (χ2v) is 8.32. The van der Waals surface area contributed by atoms with Crippen molar-refractivity contribution in [3.05, 3.63) is 47.3 Å². The normalized spacial score (nSPS) is 12.1. The summed E-state index contributed by atoms with van der Waals surface area (Å²) in [5, 5.41) is 0.729. The molecule has 0 fully saturated rings. The van der Waals surface area contributed by atoms with Gasteiger partial charge >= 0.3 is 11.6 Å². The van der Waals surface area contributed by atoms with E-state index in [-0.39, 0.29) is 11.9 Å². The standard InChI is InChI=1S/C26H33NO6/c1-3-19(2)25(28)32-13-10-8-6-4-5-7-9-12-31-24-16-23-21(17-27-24)15-22(26(29)33-23)20-11-14-30-18-20/h11,14-19H,3-10,12-13H2,1-2H3. The molecule has 0 saturated heterocycles. The average Bonchev–Trinajstić information content (AvgIpc) is 3.36. The molecule has 1 unspecified atom stereocenters. The molecule has 0 amide bonds. The largest absolute Gasteiger partial charge is 0.478 e. The summed E-state index contributed by atoms with van der Waals surface area (Å²) < 4.78 is 21.5. The maximum atomic E-state index is 12.3. The van der Waals surface area contributed by atoms with Crippen molar-refractivity contribution in [2.75, 3.05) is 13.2 Å². The highest BCUT2D eigenvalue weighted by Crippen LogP contribution is 2.23. The third kappa shape index (κ3) is 7.48. The number of hydrogen-bond donors (Lipinski definition) is 0. The van der Waals surface area contributed by atoms with Gasteiger partial charge in [-0.15, -0.1) is 0 Å². The molecule has 0 aliphatic heterocycles. The summed E-state index contributed by atoms with van der Waals surface area (Å²) in [6.45, 7) is 4.99. The minimum atomic E-state index is -0.422. The second-order valence-electron chi connectivity index (χ2n) is 8.32. The monoisotopic (exact) mass is 455 g/mol. The van der Waals surface area contributed by atoms with E-state index in [2.05, 4.69) is 4.98 Å². The van der Waals surface area contributed by atoms with Crippen LogP contribution in [0, 0.1) is 5.92 Å². The third-order valence-electron chi connectivity index (χ3n) is 5.72. The van der Waals surface area contributed by atoms with Crippen LogP contribution < -0.4 is 10.4 Å². The third-order valence-corrected chi connectivity index (χ3v) is 5.72. The highest BCUT2D eigenvalue weighted by molar-refractivity contribution is 5.81. The van der Waals surface area contributed by atoms with Crippen molar-refractivity contribution in [2.24, 2.45) is 5.92 Å². The Morgan fingerprint density at radius 3 is 2.48 bits per heavy atom. The van der Waals surface area contributed by atoms with E-state index in [0.717, 1.165) is 56.8 Å². The first-order valence-electron chi connectivity index (χ1n) is 11.8. The van der Waals surface area contributed by atoms with Crippen molar-refractivity contribution < 1.29 is 23.1 Å². The zero-order chi connectivity index (χ0) is 23.5. The van der Waals surface area contributed by atoms with Crippen LogP contribution in [-0.4, -0.2) is 24.2 Å². The molecule has 0 aromatic carbocycles. The van der Waals surface area contributed by atoms with Crippen LogP contribution in [-0.2, 0) is 9.53 Å². The first-order chi connectivity index (χ1) is 16.1. The van der Waals surface area contributed by atoms with Gasteiger partial charge in [-0.2, -0.15) is 0 Å². The van der Waals surface area contributed by atoms with Crippen LogP contribution >= 0.6 is 0 Å². The number of pyridine rings is 1. The molecular formula is C26H33NO6. The molecule has 0 radical (unpaired) electrons. The van der Waals surface area contributed by atoms with E-state index in [1.165, 1.54) is 12.5 Å². The highest BCUT2D eigenvalue weighted by atomic mass is 16.5. The number of ether oxygens (including phenoxy) is 2. The number of carbonyl (C=O) groups is 1. The molecule has 3 aromatic rings. The van der Waals surface area contributed by atoms with E-state index in [0.29, 0.717) is 35.8 Å². The SMILES string of the molecule is CCC(C)C(=O)OCCCCCCCCCOc1cc2oc(=O)c(-c3ccoc3)cc2cn1. The Morgan fingerprint density at radius 2 is 1.79 bits per heavy atom. The molecule has 0 spiro atoms. The maximum absolute atomic E-state index is 12.3. The first kappa shape index (κ1) is 24.6. The zero-order valence-corrected chi connectivity index (χ0v) is 19.5. The number of fused-ring (bicyclic) bond motifs is 1. The highest BCUT2D eigenvalue weighted by Gasteiger charge is 2.11. The van der Waals surface area contributed by atoms with E-state index in [1.54, 1.807) is 24.4 Å². The molecule has 3 heterocycles. The van der Waals surface area contributed by atoms with Gasteiger partial charge in [0.05, 0.1) is 37.2 Å². The molecule has 3 aromatic heterocycles. The van der Waals surface area contributed by atoms with E-state index >= 15 is 0 Å². The number of hydrogen-bond acceptors (Lipinski definition) is 7. The van der Waals surface area contributed by atoms with E-state index < -0.39 is 5.63 Å². The fourth-order valence-electron chi connectivity index (χ4n) is 3.44. The van der Waals surface area contributed by atoms with Gasteiger partial charge in [-0.1, -0.05) is 46.0 Å². The number of carbonyl (C=O) groups excluding carboxylic acids is 1. The lowest BCUT2D eigenvalue weighted by molar-refractivity contribution is -0.148. The minimum Gasteiger partial charge on any atom is -0.478 e. The van der Waals surface area contributed by atoms with Gasteiger partial charge in [0.1, 0.15) is 5.58 Å². The van der Waals surface area contributed by atoms with Gasteiger partial charge < -0.3 is 18.3 Å². The first-order valence-corrected chi connectivity index (χ1v) is 11.8. The molecule has 7 heteroatoms. The summed E-state index contributed by atoms with van der Waals surface area (Å²) in [7, 11) is 0. The Balaban J connectivity index is 1.29. The van der Waals surface area contributed by atoms with E-state index in [4.69, 9.17) is 18.3 Å². The van der Waals surface area contributed by atoms with Gasteiger partial charge in [-0.3, -0.25) is 4.79 Å². The van der Waals surface area contributed by atoms with Crippen molar-refractivity contribution >= 4 is 16.9 Å². The molecule has 3 rings (SSSR count). The Labute approximate surface area is 194 Å². The van der Waals surface area contributed by atoms with Crippen molar-refractivity contribution in [3.63, 3.8) is 0 Å². The summed E-state index contributed by atoms with van der Waals surface area (Å²) >= 11 is 0. The predicted molar refractivity (Wildman–Crippen MR) is 126 cm³/mol. The maximum Gasteiger partial charge on any atom is 0.344 e. The number of unbranched alkanes of at least 4 members (excludes halogenated alkanes) is 6. The summed E-state index contributed by atoms with van der Waals surface area (Å²) in [4.78, 5) is 28.2. The van der Waals surface area contributed by atoms with Crippen LogP contribution in [0.4, 0.5) is 0 Å². The molecule has 0 saturated carbocycles. The van der Waals surface area contributed by atoms with E-state index in [9.17, 15) is 9.59 Å². The number of aromatic nitrogens is 1. The fraction of sp³-hybridized carbons (Fsp3) is 0.500. The number of furan rings is 1. The van der Waals surface area contributed by atoms with Crippen LogP contribution in [0.2, 0.25) is 0 Å². The number of rotatable bonds is 14. The lowest BCUT2D eigenvalue weighted by Crippen LogP contribution is -2.14. The molecule has 178 valence electrons. The second kappa shape index (κ2) is 12.8. The smallest absolute Gasteiger partial charge is 0.344 e. The zero-order valence-electron chi connectivity index (χ0n) is 19.5. The molecule has 1 atom stereocenters. The van der Waals surface area contributed by atoms with Crippen LogP contribution in [0.25, 0.3) is 22.1 Å². The summed E-state index contributed by atoms with van der Waals surface area (Å²) in [5.41, 5.74) is 1.15. The summed E-state index contributed by atoms with van der Waals surface area (Å²) in [6.07, 6.45) is 13.0. The lowest BCUT2D eigenvalue weighted by atomic mass is 10.1. The molecule has 0 bridgehead atoms. The van der Waals surface area contributed by atoms with Crippen molar-refractivity contribution in [2.45, 2.75) is 65.2 Å². The van der Waals surface area contributed by atoms with Crippen molar-refractivity contribution in [1.29, 1.82) is 0 Å². The van der Waals surface area contributed by atoms with Gasteiger partial charge in [0.2, 0.25) is 5.88 Å². The molecule has 0 aliphatic carbocycles. The van der Waals surface area contributed by atoms with Gasteiger partial charge in [0, 0.05) is 23.2 Å². The van der Waals surface area contributed by atoms with Gasteiger partial charge in [-0.25, -0.2) is 9.78 Å². The molecule has 33 heavy (non-hydrogen) atoms. The number of esters is 1. The quantitative estimate of drug-likeness (QED) is 0.213. The Kier molecular flexibility index (Phi) is 9.54. The average molecular weight is 456 g/mol. The van der Waals surface area contributed by atoms with Crippen LogP contribution in [0.3, 0.4) is 0 Å². The van der Waals surface area contributed by atoms with Crippen LogP contribution in [0.15, 0.2) is 50.6 Å². The molecule has 7 nitrogen and oxygen atoms in total. The lowest BCUT2D eigenvalue weighted by Gasteiger charge is -2.09. The fourth-order valence-corrected chi connectivity index (χ4v) is 3.44. The topological polar surface area (TPSA) is 91.8 Å². The Hall–Kier alpha value is -3.09. The van der Waals surface area contributed by atoms with Gasteiger partial charge in [0.15, 0.2) is 0 Å². The summed E-state index contributed by atoms with van der Waals surface area (Å²) in [5.74, 6) is 0.365. The Morgan fingerprint density at radius 1 is 1.06 bits per heavy atom. The van der Waals surface area contributed by atoms with Crippen molar-refractivity contribution in [1.82, 2.24) is 4.98 Å². The Bertz CT molecular complexity index is 1060. The van der Waals surface area contributed by atoms with Crippen molar-refractivity contribution in [3.8, 4) is 17.0 Å². The molecule has 0 N–H and O–H groups in total. The minimum absolute atomic E-state index is 0.00362. The van der Waals surface area contributed by atoms with Gasteiger partial charge in [0.25, 0.3) is 0 Å². The molecular weight excluding hydrogens is 422 g/mol. The molecule has 0 aliphatic rings.